The maximum absolute atomic E-state index is 6.01. The lowest BCUT2D eigenvalue weighted by Gasteiger charge is -2.57. The number of hydrogen-bond donors (Lipinski definition) is 0. The van der Waals surface area contributed by atoms with E-state index in [0.29, 0.717) is 23.5 Å². The van der Waals surface area contributed by atoms with Crippen LogP contribution in [0.5, 0.6) is 0 Å². The second kappa shape index (κ2) is 5.60. The predicted octanol–water partition coefficient (Wildman–Crippen LogP) is 3.12. The van der Waals surface area contributed by atoms with Crippen molar-refractivity contribution in [1.82, 2.24) is 15.0 Å². The molecule has 0 N–H and O–H groups in total. The van der Waals surface area contributed by atoms with Crippen molar-refractivity contribution in [2.75, 3.05) is 13.7 Å². The predicted molar refractivity (Wildman–Crippen MR) is 82.5 cm³/mol. The van der Waals surface area contributed by atoms with Gasteiger partial charge in [0, 0.05) is 24.0 Å². The van der Waals surface area contributed by atoms with Crippen molar-refractivity contribution in [3.05, 3.63) is 11.7 Å². The summed E-state index contributed by atoms with van der Waals surface area (Å²) in [4.78, 5) is 6.99. The Morgan fingerprint density at radius 2 is 2.09 bits per heavy atom. The first-order valence-electron chi connectivity index (χ1n) is 8.87. The molecule has 4 rings (SSSR count). The lowest BCUT2D eigenvalue weighted by molar-refractivity contribution is -0.163. The van der Waals surface area contributed by atoms with Gasteiger partial charge in [-0.2, -0.15) is 4.98 Å². The molecule has 2 atom stereocenters. The van der Waals surface area contributed by atoms with Crippen molar-refractivity contribution in [1.29, 1.82) is 0 Å². The average Bonchev–Trinajstić information content (AvgIpc) is 3.02. The molecule has 0 bridgehead atoms. The number of aromatic nitrogens is 2. The minimum atomic E-state index is 0.379. The molecule has 3 saturated carbocycles. The summed E-state index contributed by atoms with van der Waals surface area (Å²) in [7, 11) is 2.20. The van der Waals surface area contributed by atoms with E-state index in [4.69, 9.17) is 9.26 Å². The topological polar surface area (TPSA) is 51.4 Å². The van der Waals surface area contributed by atoms with Gasteiger partial charge in [-0.3, -0.25) is 4.90 Å². The molecule has 1 aromatic rings. The number of hydrogen-bond acceptors (Lipinski definition) is 5. The fourth-order valence-corrected chi connectivity index (χ4v) is 4.63. The first-order valence-corrected chi connectivity index (χ1v) is 8.87. The maximum atomic E-state index is 6.01. The van der Waals surface area contributed by atoms with E-state index in [0.717, 1.165) is 31.3 Å². The van der Waals surface area contributed by atoms with Gasteiger partial charge in [0.2, 0.25) is 5.89 Å². The van der Waals surface area contributed by atoms with Crippen LogP contribution >= 0.6 is 0 Å². The third-order valence-corrected chi connectivity index (χ3v) is 5.99. The molecule has 22 heavy (non-hydrogen) atoms. The van der Waals surface area contributed by atoms with Crippen LogP contribution in [0.3, 0.4) is 0 Å². The molecule has 3 fully saturated rings. The summed E-state index contributed by atoms with van der Waals surface area (Å²) in [5.41, 5.74) is 0.379. The molecule has 1 aromatic heterocycles. The van der Waals surface area contributed by atoms with Gasteiger partial charge in [-0.1, -0.05) is 18.0 Å². The van der Waals surface area contributed by atoms with E-state index in [9.17, 15) is 0 Å². The van der Waals surface area contributed by atoms with Gasteiger partial charge in [-0.15, -0.1) is 0 Å². The normalized spacial score (nSPS) is 30.1. The highest BCUT2D eigenvalue weighted by molar-refractivity contribution is 5.11. The van der Waals surface area contributed by atoms with Crippen LogP contribution in [-0.4, -0.2) is 40.8 Å². The van der Waals surface area contributed by atoms with Crippen molar-refractivity contribution in [3.8, 4) is 0 Å². The first-order chi connectivity index (χ1) is 10.7. The summed E-state index contributed by atoms with van der Waals surface area (Å²) >= 11 is 0. The quantitative estimate of drug-likeness (QED) is 0.808. The zero-order chi connectivity index (χ0) is 15.2. The highest BCUT2D eigenvalue weighted by atomic mass is 16.5. The second-order valence-corrected chi connectivity index (χ2v) is 7.37. The van der Waals surface area contributed by atoms with Crippen molar-refractivity contribution < 1.29 is 9.26 Å². The smallest absolute Gasteiger partial charge is 0.240 e. The molecule has 5 heteroatoms. The Morgan fingerprint density at radius 1 is 1.32 bits per heavy atom. The van der Waals surface area contributed by atoms with E-state index in [1.807, 2.05) is 0 Å². The van der Waals surface area contributed by atoms with Crippen LogP contribution in [0.15, 0.2) is 4.52 Å². The number of ether oxygens (including phenoxy) is 1. The Kier molecular flexibility index (Phi) is 3.73. The largest absolute Gasteiger partial charge is 0.378 e. The van der Waals surface area contributed by atoms with Gasteiger partial charge in [0.15, 0.2) is 5.82 Å². The molecule has 3 aliphatic rings. The summed E-state index contributed by atoms with van der Waals surface area (Å²) in [6.45, 7) is 3.71. The van der Waals surface area contributed by atoms with E-state index in [1.54, 1.807) is 0 Å². The number of rotatable bonds is 6. The molecule has 1 spiro atoms. The van der Waals surface area contributed by atoms with Gasteiger partial charge in [0.25, 0.3) is 0 Å². The zero-order valence-corrected chi connectivity index (χ0v) is 13.8. The van der Waals surface area contributed by atoms with E-state index < -0.39 is 0 Å². The van der Waals surface area contributed by atoms with E-state index in [-0.39, 0.29) is 0 Å². The Labute approximate surface area is 132 Å². The molecule has 122 valence electrons. The van der Waals surface area contributed by atoms with Crippen LogP contribution in [0.2, 0.25) is 0 Å². The van der Waals surface area contributed by atoms with Crippen LogP contribution in [0, 0.1) is 5.41 Å². The SMILES string of the molecule is CCO[C@@H]1C[C@H](N(C)Cc2nc(C3CC3)no2)C12CCCC2. The Bertz CT molecular complexity index is 520. The maximum Gasteiger partial charge on any atom is 0.240 e. The fraction of sp³-hybridized carbons (Fsp3) is 0.882. The van der Waals surface area contributed by atoms with Crippen molar-refractivity contribution >= 4 is 0 Å². The number of nitrogens with zero attached hydrogens (tertiary/aromatic N) is 3. The fourth-order valence-electron chi connectivity index (χ4n) is 4.63. The van der Waals surface area contributed by atoms with Crippen molar-refractivity contribution in [2.24, 2.45) is 5.41 Å². The zero-order valence-electron chi connectivity index (χ0n) is 13.8. The molecule has 5 nitrogen and oxygen atoms in total. The van der Waals surface area contributed by atoms with Gasteiger partial charge < -0.3 is 9.26 Å². The molecule has 3 aliphatic carbocycles. The Morgan fingerprint density at radius 3 is 2.77 bits per heavy atom. The Hall–Kier alpha value is -0.940. The molecule has 0 aromatic carbocycles. The lowest BCUT2D eigenvalue weighted by Crippen LogP contribution is -2.62. The van der Waals surface area contributed by atoms with Crippen LogP contribution in [0.4, 0.5) is 0 Å². The molecule has 1 heterocycles. The molecule has 0 amide bonds. The summed E-state index contributed by atoms with van der Waals surface area (Å²) in [6.07, 6.45) is 9.35. The van der Waals surface area contributed by atoms with Crippen LogP contribution in [0.25, 0.3) is 0 Å². The second-order valence-electron chi connectivity index (χ2n) is 7.37. The minimum absolute atomic E-state index is 0.379. The third kappa shape index (κ3) is 2.38. The third-order valence-electron chi connectivity index (χ3n) is 5.99. The average molecular weight is 305 g/mol. The van der Waals surface area contributed by atoms with E-state index in [2.05, 4.69) is 29.0 Å². The van der Waals surface area contributed by atoms with Crippen LogP contribution < -0.4 is 0 Å². The molecule has 0 saturated heterocycles. The summed E-state index contributed by atoms with van der Waals surface area (Å²) in [5, 5.41) is 4.13. The van der Waals surface area contributed by atoms with Gasteiger partial charge >= 0.3 is 0 Å². The summed E-state index contributed by atoms with van der Waals surface area (Å²) in [5.74, 6) is 2.26. The molecular weight excluding hydrogens is 278 g/mol. The highest BCUT2D eigenvalue weighted by Crippen LogP contribution is 2.56. The van der Waals surface area contributed by atoms with Crippen LogP contribution in [0.1, 0.15) is 69.5 Å². The summed E-state index contributed by atoms with van der Waals surface area (Å²) < 4.78 is 11.5. The van der Waals surface area contributed by atoms with Gasteiger partial charge in [0.05, 0.1) is 12.6 Å². The molecule has 0 aliphatic heterocycles. The van der Waals surface area contributed by atoms with E-state index in [1.165, 1.54) is 38.5 Å². The highest BCUT2D eigenvalue weighted by Gasteiger charge is 2.57. The van der Waals surface area contributed by atoms with Gasteiger partial charge in [0.1, 0.15) is 0 Å². The standard InChI is InChI=1S/C17H27N3O2/c1-3-21-14-10-13(17(14)8-4-5-9-17)20(2)11-15-18-16(19-22-15)12-6-7-12/h12-14H,3-11H2,1-2H3/t13-,14+/m0/s1. The van der Waals surface area contributed by atoms with Crippen molar-refractivity contribution in [2.45, 2.75) is 76.5 Å². The van der Waals surface area contributed by atoms with Gasteiger partial charge in [-0.25, -0.2) is 0 Å². The lowest BCUT2D eigenvalue weighted by atomic mass is 9.60. The molecule has 0 radical (unpaired) electrons. The molecule has 0 unspecified atom stereocenters. The van der Waals surface area contributed by atoms with E-state index >= 15 is 0 Å². The Balaban J connectivity index is 1.42. The molecular formula is C17H27N3O2. The van der Waals surface area contributed by atoms with Crippen molar-refractivity contribution in [3.63, 3.8) is 0 Å². The monoisotopic (exact) mass is 305 g/mol. The van der Waals surface area contributed by atoms with Crippen LogP contribution in [-0.2, 0) is 11.3 Å². The first kappa shape index (κ1) is 14.6. The summed E-state index contributed by atoms with van der Waals surface area (Å²) in [6, 6.07) is 0.600. The van der Waals surface area contributed by atoms with Gasteiger partial charge in [-0.05, 0) is 46.1 Å². The minimum Gasteiger partial charge on any atom is -0.378 e.